The average molecular weight is 306 g/mol. The summed E-state index contributed by atoms with van der Waals surface area (Å²) in [5.74, 6) is 1.64. The summed E-state index contributed by atoms with van der Waals surface area (Å²) in [6.45, 7) is 1.94. The van der Waals surface area contributed by atoms with Crippen molar-refractivity contribution in [3.05, 3.63) is 60.4 Å². The van der Waals surface area contributed by atoms with Crippen molar-refractivity contribution in [2.75, 3.05) is 14.2 Å². The van der Waals surface area contributed by atoms with E-state index in [2.05, 4.69) is 9.97 Å². The largest absolute Gasteiger partial charge is 0.497 e. The molecular formula is C19H18N2O2. The highest BCUT2D eigenvalue weighted by Crippen LogP contribution is 2.30. The van der Waals surface area contributed by atoms with Gasteiger partial charge in [0.1, 0.15) is 11.5 Å². The lowest BCUT2D eigenvalue weighted by Gasteiger charge is -2.10. The monoisotopic (exact) mass is 306 g/mol. The Labute approximate surface area is 135 Å². The number of hydrogen-bond donors (Lipinski definition) is 0. The quantitative estimate of drug-likeness (QED) is 0.727. The van der Waals surface area contributed by atoms with Gasteiger partial charge in [0.2, 0.25) is 0 Å². The van der Waals surface area contributed by atoms with E-state index in [0.717, 1.165) is 39.7 Å². The van der Waals surface area contributed by atoms with Gasteiger partial charge in [0.05, 0.1) is 31.3 Å². The van der Waals surface area contributed by atoms with Gasteiger partial charge in [0.25, 0.3) is 0 Å². The molecule has 0 radical (unpaired) electrons. The van der Waals surface area contributed by atoms with Gasteiger partial charge in [0.15, 0.2) is 0 Å². The van der Waals surface area contributed by atoms with Crippen molar-refractivity contribution in [1.29, 1.82) is 0 Å². The van der Waals surface area contributed by atoms with Crippen molar-refractivity contribution in [2.45, 2.75) is 6.92 Å². The molecule has 0 aliphatic heterocycles. The highest BCUT2D eigenvalue weighted by atomic mass is 16.5. The van der Waals surface area contributed by atoms with Crippen LogP contribution in [0.4, 0.5) is 0 Å². The molecule has 0 bridgehead atoms. The maximum absolute atomic E-state index is 5.22. The summed E-state index contributed by atoms with van der Waals surface area (Å²) in [5, 5.41) is 0. The summed E-state index contributed by atoms with van der Waals surface area (Å²) >= 11 is 0. The molecule has 4 heteroatoms. The van der Waals surface area contributed by atoms with Crippen LogP contribution in [0.1, 0.15) is 5.69 Å². The lowest BCUT2D eigenvalue weighted by Crippen LogP contribution is -1.96. The Morgan fingerprint density at radius 3 is 1.65 bits per heavy atom. The maximum Gasteiger partial charge on any atom is 0.118 e. The fourth-order valence-electron chi connectivity index (χ4n) is 2.39. The molecule has 0 aliphatic rings. The van der Waals surface area contributed by atoms with E-state index in [1.165, 1.54) is 0 Å². The van der Waals surface area contributed by atoms with Crippen LogP contribution in [-0.2, 0) is 0 Å². The Kier molecular flexibility index (Phi) is 4.24. The van der Waals surface area contributed by atoms with Crippen molar-refractivity contribution in [3.63, 3.8) is 0 Å². The average Bonchev–Trinajstić information content (AvgIpc) is 2.62. The smallest absolute Gasteiger partial charge is 0.118 e. The fraction of sp³-hybridized carbons (Fsp3) is 0.158. The van der Waals surface area contributed by atoms with E-state index in [1.54, 1.807) is 20.4 Å². The van der Waals surface area contributed by atoms with Crippen LogP contribution in [0.15, 0.2) is 54.7 Å². The molecule has 0 N–H and O–H groups in total. The normalized spacial score (nSPS) is 10.4. The summed E-state index contributed by atoms with van der Waals surface area (Å²) < 4.78 is 10.4. The van der Waals surface area contributed by atoms with Gasteiger partial charge in [-0.1, -0.05) is 0 Å². The standard InChI is InChI=1S/C19H18N2O2/c1-13-12-20-18(14-4-8-16(22-2)9-5-14)19(21-13)15-6-10-17(23-3)11-7-15/h4-12H,1-3H3. The van der Waals surface area contributed by atoms with Crippen LogP contribution in [-0.4, -0.2) is 24.2 Å². The summed E-state index contributed by atoms with van der Waals surface area (Å²) in [6.07, 6.45) is 1.78. The van der Waals surface area contributed by atoms with Crippen LogP contribution < -0.4 is 9.47 Å². The highest BCUT2D eigenvalue weighted by molar-refractivity contribution is 5.78. The van der Waals surface area contributed by atoms with E-state index in [-0.39, 0.29) is 0 Å². The van der Waals surface area contributed by atoms with Crippen molar-refractivity contribution in [3.8, 4) is 34.0 Å². The van der Waals surface area contributed by atoms with Crippen molar-refractivity contribution >= 4 is 0 Å². The lowest BCUT2D eigenvalue weighted by molar-refractivity contribution is 0.414. The number of rotatable bonds is 4. The molecule has 0 unspecified atom stereocenters. The molecule has 0 atom stereocenters. The third-order valence-electron chi connectivity index (χ3n) is 3.62. The number of aromatic nitrogens is 2. The predicted octanol–water partition coefficient (Wildman–Crippen LogP) is 4.14. The van der Waals surface area contributed by atoms with Crippen molar-refractivity contribution in [2.24, 2.45) is 0 Å². The van der Waals surface area contributed by atoms with Crippen LogP contribution in [0, 0.1) is 6.92 Å². The van der Waals surface area contributed by atoms with Gasteiger partial charge < -0.3 is 9.47 Å². The molecule has 116 valence electrons. The predicted molar refractivity (Wildman–Crippen MR) is 90.7 cm³/mol. The van der Waals surface area contributed by atoms with Gasteiger partial charge in [-0.2, -0.15) is 0 Å². The van der Waals surface area contributed by atoms with E-state index in [4.69, 9.17) is 9.47 Å². The molecule has 0 saturated heterocycles. The van der Waals surface area contributed by atoms with E-state index in [0.29, 0.717) is 0 Å². The van der Waals surface area contributed by atoms with E-state index in [9.17, 15) is 0 Å². The number of aryl methyl sites for hydroxylation is 1. The molecule has 1 heterocycles. The van der Waals surface area contributed by atoms with Crippen molar-refractivity contribution in [1.82, 2.24) is 9.97 Å². The zero-order valence-corrected chi connectivity index (χ0v) is 13.4. The third-order valence-corrected chi connectivity index (χ3v) is 3.62. The Balaban J connectivity index is 2.09. The number of nitrogens with zero attached hydrogens (tertiary/aromatic N) is 2. The van der Waals surface area contributed by atoms with Gasteiger partial charge in [-0.25, -0.2) is 4.98 Å². The lowest BCUT2D eigenvalue weighted by atomic mass is 10.0. The van der Waals surface area contributed by atoms with E-state index < -0.39 is 0 Å². The fourth-order valence-corrected chi connectivity index (χ4v) is 2.39. The zero-order chi connectivity index (χ0) is 16.2. The van der Waals surface area contributed by atoms with Crippen molar-refractivity contribution < 1.29 is 9.47 Å². The first-order valence-corrected chi connectivity index (χ1v) is 7.34. The molecule has 3 rings (SSSR count). The van der Waals surface area contributed by atoms with Gasteiger partial charge in [0, 0.05) is 17.3 Å². The minimum atomic E-state index is 0.819. The summed E-state index contributed by atoms with van der Waals surface area (Å²) in [4.78, 5) is 9.27. The topological polar surface area (TPSA) is 44.2 Å². The van der Waals surface area contributed by atoms with Gasteiger partial charge in [-0.05, 0) is 55.5 Å². The zero-order valence-electron chi connectivity index (χ0n) is 13.4. The van der Waals surface area contributed by atoms with Gasteiger partial charge in [-0.15, -0.1) is 0 Å². The molecule has 2 aromatic carbocycles. The number of hydrogen-bond acceptors (Lipinski definition) is 4. The molecule has 0 spiro atoms. The third kappa shape index (κ3) is 3.16. The highest BCUT2D eigenvalue weighted by Gasteiger charge is 2.11. The summed E-state index contributed by atoms with van der Waals surface area (Å²) in [7, 11) is 3.31. The Morgan fingerprint density at radius 1 is 0.696 bits per heavy atom. The molecular weight excluding hydrogens is 288 g/mol. The summed E-state index contributed by atoms with van der Waals surface area (Å²) in [5.41, 5.74) is 4.60. The first kappa shape index (κ1) is 15.0. The van der Waals surface area contributed by atoms with E-state index in [1.807, 2.05) is 55.5 Å². The molecule has 1 aromatic heterocycles. The molecule has 4 nitrogen and oxygen atoms in total. The SMILES string of the molecule is COc1ccc(-c2ncc(C)nc2-c2ccc(OC)cc2)cc1. The molecule has 3 aromatic rings. The van der Waals surface area contributed by atoms with Crippen LogP contribution in [0.3, 0.4) is 0 Å². The Morgan fingerprint density at radius 2 is 1.17 bits per heavy atom. The van der Waals surface area contributed by atoms with Crippen LogP contribution >= 0.6 is 0 Å². The second-order valence-electron chi connectivity index (χ2n) is 5.17. The van der Waals surface area contributed by atoms with Gasteiger partial charge in [-0.3, -0.25) is 4.98 Å². The first-order valence-electron chi connectivity index (χ1n) is 7.34. The second-order valence-corrected chi connectivity index (χ2v) is 5.17. The molecule has 0 amide bonds. The maximum atomic E-state index is 5.22. The number of methoxy groups -OCH3 is 2. The second kappa shape index (κ2) is 6.48. The molecule has 0 saturated carbocycles. The Hall–Kier alpha value is -2.88. The number of ether oxygens (including phenoxy) is 2. The molecule has 23 heavy (non-hydrogen) atoms. The first-order chi connectivity index (χ1) is 11.2. The van der Waals surface area contributed by atoms with Crippen LogP contribution in [0.2, 0.25) is 0 Å². The molecule has 0 fully saturated rings. The van der Waals surface area contributed by atoms with Gasteiger partial charge >= 0.3 is 0 Å². The van der Waals surface area contributed by atoms with E-state index >= 15 is 0 Å². The molecule has 0 aliphatic carbocycles. The van der Waals surface area contributed by atoms with Crippen LogP contribution in [0.5, 0.6) is 11.5 Å². The van der Waals surface area contributed by atoms with Crippen LogP contribution in [0.25, 0.3) is 22.5 Å². The Bertz CT molecular complexity index is 797. The number of benzene rings is 2. The minimum Gasteiger partial charge on any atom is -0.497 e. The summed E-state index contributed by atoms with van der Waals surface area (Å²) in [6, 6.07) is 15.7. The minimum absolute atomic E-state index is 0.819.